The minimum Gasteiger partial charge on any atom is -0.391 e. The fraction of sp³-hybridized carbons (Fsp3) is 1.00. The molecule has 3 N–H and O–H groups in total. The van der Waals surface area contributed by atoms with E-state index in [1.54, 1.807) is 0 Å². The molecule has 2 aliphatic rings. The molecule has 10 heavy (non-hydrogen) atoms. The molecule has 2 nitrogen and oxygen atoms in total. The lowest BCUT2D eigenvalue weighted by atomic mass is 9.92. The van der Waals surface area contributed by atoms with Gasteiger partial charge in [-0.25, -0.2) is 0 Å². The van der Waals surface area contributed by atoms with E-state index in [2.05, 4.69) is 6.92 Å². The predicted molar refractivity (Wildman–Crippen MR) is 39.4 cm³/mol. The lowest BCUT2D eigenvalue weighted by molar-refractivity contribution is 0.0934. The lowest BCUT2D eigenvalue weighted by Gasteiger charge is -2.26. The van der Waals surface area contributed by atoms with Crippen LogP contribution in [0.3, 0.4) is 0 Å². The smallest absolute Gasteiger partial charge is 0.0722 e. The highest BCUT2D eigenvalue weighted by atomic mass is 16.3. The summed E-state index contributed by atoms with van der Waals surface area (Å²) in [5, 5.41) is 9.45. The number of fused-ring (bicyclic) bond motifs is 1. The van der Waals surface area contributed by atoms with Crippen molar-refractivity contribution in [3.05, 3.63) is 0 Å². The molecule has 2 aliphatic carbocycles. The molecule has 0 saturated heterocycles. The van der Waals surface area contributed by atoms with E-state index < -0.39 is 0 Å². The van der Waals surface area contributed by atoms with Gasteiger partial charge in [0.15, 0.2) is 0 Å². The van der Waals surface area contributed by atoms with Gasteiger partial charge in [-0.1, -0.05) is 6.92 Å². The van der Waals surface area contributed by atoms with Crippen molar-refractivity contribution < 1.29 is 5.11 Å². The fourth-order valence-electron chi connectivity index (χ4n) is 2.67. The Morgan fingerprint density at radius 3 is 2.50 bits per heavy atom. The molecule has 2 saturated carbocycles. The zero-order valence-electron chi connectivity index (χ0n) is 6.54. The zero-order valence-corrected chi connectivity index (χ0v) is 6.54. The predicted octanol–water partition coefficient (Wildman–Crippen LogP) is 0.350. The van der Waals surface area contributed by atoms with Crippen molar-refractivity contribution in [2.75, 3.05) is 0 Å². The number of rotatable bonds is 0. The second-order valence-electron chi connectivity index (χ2n) is 4.17. The molecule has 0 unspecified atom stereocenters. The minimum atomic E-state index is -0.288. The minimum absolute atomic E-state index is 0.251. The van der Waals surface area contributed by atoms with Crippen LogP contribution in [0.5, 0.6) is 0 Å². The highest BCUT2D eigenvalue weighted by Crippen LogP contribution is 2.60. The third-order valence-electron chi connectivity index (χ3n) is 3.49. The van der Waals surface area contributed by atoms with Gasteiger partial charge >= 0.3 is 0 Å². The zero-order chi connectivity index (χ0) is 7.52. The molecular formula is C8H15NO. The molecule has 0 aromatic carbocycles. The average Bonchev–Trinajstić information content (AvgIpc) is 2.34. The van der Waals surface area contributed by atoms with E-state index >= 15 is 0 Å². The molecule has 0 heterocycles. The summed E-state index contributed by atoms with van der Waals surface area (Å²) in [6.45, 7) is 4.21. The van der Waals surface area contributed by atoms with Crippen molar-refractivity contribution in [3.8, 4) is 0 Å². The molecule has 0 spiro atoms. The van der Waals surface area contributed by atoms with Gasteiger partial charge in [0, 0.05) is 5.54 Å². The molecule has 0 aromatic heterocycles. The third kappa shape index (κ3) is 0.565. The van der Waals surface area contributed by atoms with Gasteiger partial charge in [-0.15, -0.1) is 0 Å². The van der Waals surface area contributed by atoms with Crippen LogP contribution in [-0.4, -0.2) is 16.7 Å². The third-order valence-corrected chi connectivity index (χ3v) is 3.49. The SMILES string of the molecule is C[C@H]1[C@@H]2C[C@@H](O)[C@](C)(N)[C@H]12. The van der Waals surface area contributed by atoms with Gasteiger partial charge in [-0.3, -0.25) is 0 Å². The topological polar surface area (TPSA) is 46.2 Å². The molecule has 0 radical (unpaired) electrons. The Hall–Kier alpha value is -0.0800. The van der Waals surface area contributed by atoms with E-state index in [-0.39, 0.29) is 11.6 Å². The second-order valence-corrected chi connectivity index (χ2v) is 4.17. The quantitative estimate of drug-likeness (QED) is 0.511. The fourth-order valence-corrected chi connectivity index (χ4v) is 2.67. The molecule has 0 aromatic rings. The Labute approximate surface area is 61.4 Å². The van der Waals surface area contributed by atoms with Gasteiger partial charge in [-0.2, -0.15) is 0 Å². The van der Waals surface area contributed by atoms with Crippen molar-refractivity contribution >= 4 is 0 Å². The van der Waals surface area contributed by atoms with Gasteiger partial charge in [0.25, 0.3) is 0 Å². The Morgan fingerprint density at radius 1 is 1.60 bits per heavy atom. The van der Waals surface area contributed by atoms with Crippen LogP contribution >= 0.6 is 0 Å². The van der Waals surface area contributed by atoms with Gasteiger partial charge < -0.3 is 10.8 Å². The van der Waals surface area contributed by atoms with Gasteiger partial charge in [0.1, 0.15) is 0 Å². The second kappa shape index (κ2) is 1.56. The Morgan fingerprint density at radius 2 is 2.20 bits per heavy atom. The summed E-state index contributed by atoms with van der Waals surface area (Å²) in [4.78, 5) is 0. The highest BCUT2D eigenvalue weighted by Gasteiger charge is 2.63. The van der Waals surface area contributed by atoms with Crippen molar-refractivity contribution in [1.82, 2.24) is 0 Å². The number of aliphatic hydroxyl groups is 1. The van der Waals surface area contributed by atoms with E-state index in [9.17, 15) is 5.11 Å². The number of nitrogens with two attached hydrogens (primary N) is 1. The van der Waals surface area contributed by atoms with Gasteiger partial charge in [0.2, 0.25) is 0 Å². The van der Waals surface area contributed by atoms with Crippen LogP contribution in [0.15, 0.2) is 0 Å². The van der Waals surface area contributed by atoms with E-state index in [0.717, 1.165) is 18.3 Å². The van der Waals surface area contributed by atoms with Gasteiger partial charge in [-0.05, 0) is 31.1 Å². The standard InChI is InChI=1S/C8H15NO/c1-4-5-3-6(10)8(2,9)7(4)5/h4-7,10H,3,9H2,1-2H3/t4-,5-,6+,7+,8-/m0/s1. The first-order chi connectivity index (χ1) is 4.55. The van der Waals surface area contributed by atoms with Crippen LogP contribution in [0, 0.1) is 17.8 Å². The van der Waals surface area contributed by atoms with E-state index in [1.165, 1.54) is 0 Å². The van der Waals surface area contributed by atoms with Crippen molar-refractivity contribution in [2.24, 2.45) is 23.5 Å². The summed E-state index contributed by atoms with van der Waals surface area (Å²) in [5.41, 5.74) is 5.66. The summed E-state index contributed by atoms with van der Waals surface area (Å²) < 4.78 is 0. The summed E-state index contributed by atoms with van der Waals surface area (Å²) in [6, 6.07) is 0. The summed E-state index contributed by atoms with van der Waals surface area (Å²) in [6.07, 6.45) is 0.678. The molecule has 2 rings (SSSR count). The molecule has 2 heteroatoms. The normalized spacial score (nSPS) is 66.0. The van der Waals surface area contributed by atoms with Crippen molar-refractivity contribution in [2.45, 2.75) is 31.9 Å². The van der Waals surface area contributed by atoms with Crippen LogP contribution in [0.1, 0.15) is 20.3 Å². The van der Waals surface area contributed by atoms with Crippen molar-refractivity contribution in [3.63, 3.8) is 0 Å². The molecule has 0 aliphatic heterocycles. The van der Waals surface area contributed by atoms with Crippen LogP contribution in [0.25, 0.3) is 0 Å². The van der Waals surface area contributed by atoms with Crippen LogP contribution in [0.2, 0.25) is 0 Å². The number of hydrogen-bond donors (Lipinski definition) is 2. The Bertz CT molecular complexity index is 167. The molecular weight excluding hydrogens is 126 g/mol. The summed E-state index contributed by atoms with van der Waals surface area (Å²) in [7, 11) is 0. The van der Waals surface area contributed by atoms with Crippen molar-refractivity contribution in [1.29, 1.82) is 0 Å². The summed E-state index contributed by atoms with van der Waals surface area (Å²) in [5.74, 6) is 2.09. The maximum Gasteiger partial charge on any atom is 0.0722 e. The average molecular weight is 141 g/mol. The number of hydrogen-bond acceptors (Lipinski definition) is 2. The molecule has 5 atom stereocenters. The van der Waals surface area contributed by atoms with Gasteiger partial charge in [0.05, 0.1) is 6.10 Å². The van der Waals surface area contributed by atoms with E-state index in [0.29, 0.717) is 5.92 Å². The first kappa shape index (κ1) is 6.62. The highest BCUT2D eigenvalue weighted by molar-refractivity contribution is 5.16. The Balaban J connectivity index is 2.19. The summed E-state index contributed by atoms with van der Waals surface area (Å²) >= 11 is 0. The molecule has 0 amide bonds. The van der Waals surface area contributed by atoms with Crippen LogP contribution in [-0.2, 0) is 0 Å². The van der Waals surface area contributed by atoms with Crippen LogP contribution < -0.4 is 5.73 Å². The van der Waals surface area contributed by atoms with Crippen LogP contribution in [0.4, 0.5) is 0 Å². The lowest BCUT2D eigenvalue weighted by Crippen LogP contribution is -2.47. The first-order valence-electron chi connectivity index (χ1n) is 4.02. The van der Waals surface area contributed by atoms with E-state index in [1.807, 2.05) is 6.92 Å². The molecule has 2 fully saturated rings. The van der Waals surface area contributed by atoms with E-state index in [4.69, 9.17) is 5.73 Å². The number of aliphatic hydroxyl groups excluding tert-OH is 1. The first-order valence-corrected chi connectivity index (χ1v) is 4.02. The largest absolute Gasteiger partial charge is 0.391 e. The Kier molecular flexibility index (Phi) is 1.03. The maximum absolute atomic E-state index is 9.45. The maximum atomic E-state index is 9.45. The monoisotopic (exact) mass is 141 g/mol. The molecule has 0 bridgehead atoms. The molecule has 58 valence electrons.